The van der Waals surface area contributed by atoms with Crippen LogP contribution in [0.15, 0.2) is 48.5 Å². The Bertz CT molecular complexity index is 853. The molecule has 2 aromatic rings. The summed E-state index contributed by atoms with van der Waals surface area (Å²) < 4.78 is 32.0. The minimum Gasteiger partial charge on any atom is -0.458 e. The number of benzene rings is 2. The summed E-state index contributed by atoms with van der Waals surface area (Å²) in [4.78, 5) is 25.2. The summed E-state index contributed by atoms with van der Waals surface area (Å²) in [6.45, 7) is 10.2. The van der Waals surface area contributed by atoms with E-state index in [0.29, 0.717) is 5.56 Å². The molecular weight excluding hydrogens is 388 g/mol. The third-order valence-corrected chi connectivity index (χ3v) is 5.93. The minimum absolute atomic E-state index is 0.0713. The molecule has 0 saturated heterocycles. The van der Waals surface area contributed by atoms with Gasteiger partial charge in [-0.15, -0.1) is 0 Å². The molecule has 0 radical (unpaired) electrons. The molecule has 2 rings (SSSR count). The lowest BCUT2D eigenvalue weighted by molar-refractivity contribution is -0.0529. The summed E-state index contributed by atoms with van der Waals surface area (Å²) in [6, 6.07) is 10.5. The molecule has 2 aromatic carbocycles. The Labute approximate surface area is 176 Å². The lowest BCUT2D eigenvalue weighted by Crippen LogP contribution is -2.52. The Morgan fingerprint density at radius 3 is 1.70 bits per heavy atom. The Hall–Kier alpha value is -2.76. The van der Waals surface area contributed by atoms with Gasteiger partial charge in [0.15, 0.2) is 0 Å². The molecule has 0 bridgehead atoms. The molecule has 1 amide bonds. The molecule has 0 aliphatic heterocycles. The molecule has 0 aliphatic rings. The van der Waals surface area contributed by atoms with Crippen LogP contribution in [0.4, 0.5) is 8.78 Å². The second-order valence-electron chi connectivity index (χ2n) is 8.17. The van der Waals surface area contributed by atoms with E-state index >= 15 is 0 Å². The highest BCUT2D eigenvalue weighted by atomic mass is 19.1. The predicted octanol–water partition coefficient (Wildman–Crippen LogP) is 5.24. The van der Waals surface area contributed by atoms with Crippen LogP contribution in [0.3, 0.4) is 0 Å². The normalized spacial score (nSPS) is 12.7. The summed E-state index contributed by atoms with van der Waals surface area (Å²) in [5.74, 6) is -1.56. The molecule has 0 aromatic heterocycles. The van der Waals surface area contributed by atoms with Crippen molar-refractivity contribution in [1.82, 2.24) is 5.32 Å². The average Bonchev–Trinajstić information content (AvgIpc) is 2.68. The number of amides is 1. The Kier molecular flexibility index (Phi) is 7.71. The summed E-state index contributed by atoms with van der Waals surface area (Å²) >= 11 is 0. The largest absolute Gasteiger partial charge is 0.458 e. The second kappa shape index (κ2) is 9.83. The van der Waals surface area contributed by atoms with E-state index < -0.39 is 29.1 Å². The first-order valence-corrected chi connectivity index (χ1v) is 10.1. The van der Waals surface area contributed by atoms with E-state index in [-0.39, 0.29) is 29.9 Å². The Morgan fingerprint density at radius 2 is 1.27 bits per heavy atom. The maximum atomic E-state index is 13.1. The molecule has 30 heavy (non-hydrogen) atoms. The van der Waals surface area contributed by atoms with Crippen LogP contribution < -0.4 is 5.32 Å². The molecule has 0 fully saturated rings. The third kappa shape index (κ3) is 5.23. The molecule has 1 unspecified atom stereocenters. The summed E-state index contributed by atoms with van der Waals surface area (Å²) in [6.07, 6.45) is -0.524. The number of carbonyl (C=O) groups excluding carboxylic acids is 2. The van der Waals surface area contributed by atoms with Crippen molar-refractivity contribution in [3.05, 3.63) is 71.3 Å². The van der Waals surface area contributed by atoms with Crippen molar-refractivity contribution >= 4 is 11.9 Å². The quantitative estimate of drug-likeness (QED) is 0.598. The molecule has 1 atom stereocenters. The van der Waals surface area contributed by atoms with E-state index in [0.717, 1.165) is 0 Å². The van der Waals surface area contributed by atoms with E-state index in [1.54, 1.807) is 0 Å². The first-order valence-electron chi connectivity index (χ1n) is 10.1. The van der Waals surface area contributed by atoms with E-state index in [1.165, 1.54) is 48.5 Å². The van der Waals surface area contributed by atoms with Gasteiger partial charge in [-0.2, -0.15) is 0 Å². The Morgan fingerprint density at radius 1 is 0.833 bits per heavy atom. The van der Waals surface area contributed by atoms with Crippen LogP contribution in [0.5, 0.6) is 0 Å². The van der Waals surface area contributed by atoms with Gasteiger partial charge in [0, 0.05) is 17.5 Å². The number of rotatable bonds is 8. The lowest BCUT2D eigenvalue weighted by atomic mass is 9.65. The second-order valence-corrected chi connectivity index (χ2v) is 8.17. The lowest BCUT2D eigenvalue weighted by Gasteiger charge is -2.45. The standard InChI is InChI=1S/C24H29F2NO3/c1-15(2)24(16(3)4,14-27-22(28)18-6-10-20(25)11-7-18)17(5)30-23(29)19-8-12-21(26)13-9-19/h6-13,15-17H,14H2,1-5H3,(H,27,28). The molecule has 0 saturated carbocycles. The zero-order chi connectivity index (χ0) is 22.5. The summed E-state index contributed by atoms with van der Waals surface area (Å²) in [5.41, 5.74) is 0.0690. The molecular formula is C24H29F2NO3. The number of esters is 1. The summed E-state index contributed by atoms with van der Waals surface area (Å²) in [5, 5.41) is 2.92. The van der Waals surface area contributed by atoms with Gasteiger partial charge in [-0.25, -0.2) is 13.6 Å². The number of halogens is 2. The number of hydrogen-bond acceptors (Lipinski definition) is 3. The fourth-order valence-corrected chi connectivity index (χ4v) is 4.02. The van der Waals surface area contributed by atoms with E-state index in [2.05, 4.69) is 5.32 Å². The maximum Gasteiger partial charge on any atom is 0.338 e. The van der Waals surface area contributed by atoms with E-state index in [1.807, 2.05) is 34.6 Å². The van der Waals surface area contributed by atoms with Gasteiger partial charge >= 0.3 is 5.97 Å². The Balaban J connectivity index is 2.20. The minimum atomic E-state index is -0.550. The SMILES string of the molecule is CC(C)C(CNC(=O)c1ccc(F)cc1)(C(C)C)C(C)OC(=O)c1ccc(F)cc1. The van der Waals surface area contributed by atoms with Crippen molar-refractivity contribution in [2.75, 3.05) is 6.54 Å². The molecule has 0 aliphatic carbocycles. The van der Waals surface area contributed by atoms with Crippen LogP contribution in [0.25, 0.3) is 0 Å². The molecule has 0 heterocycles. The predicted molar refractivity (Wildman–Crippen MR) is 112 cm³/mol. The van der Waals surface area contributed by atoms with Gasteiger partial charge in [0.05, 0.1) is 5.56 Å². The van der Waals surface area contributed by atoms with Gasteiger partial charge in [-0.3, -0.25) is 4.79 Å². The van der Waals surface area contributed by atoms with Gasteiger partial charge in [0.25, 0.3) is 5.91 Å². The van der Waals surface area contributed by atoms with Crippen LogP contribution in [0, 0.1) is 28.9 Å². The molecule has 1 N–H and O–H groups in total. The van der Waals surface area contributed by atoms with Crippen molar-refractivity contribution in [2.24, 2.45) is 17.3 Å². The molecule has 162 valence electrons. The van der Waals surface area contributed by atoms with Crippen LogP contribution in [0.1, 0.15) is 55.3 Å². The van der Waals surface area contributed by atoms with Crippen molar-refractivity contribution in [2.45, 2.75) is 40.7 Å². The van der Waals surface area contributed by atoms with Gasteiger partial charge in [0.2, 0.25) is 0 Å². The summed E-state index contributed by atoms with van der Waals surface area (Å²) in [7, 11) is 0. The van der Waals surface area contributed by atoms with Crippen LogP contribution >= 0.6 is 0 Å². The smallest absolute Gasteiger partial charge is 0.338 e. The highest BCUT2D eigenvalue weighted by Gasteiger charge is 2.44. The van der Waals surface area contributed by atoms with Gasteiger partial charge in [0.1, 0.15) is 17.7 Å². The van der Waals surface area contributed by atoms with Crippen molar-refractivity contribution in [1.29, 1.82) is 0 Å². The van der Waals surface area contributed by atoms with Crippen molar-refractivity contribution in [3.8, 4) is 0 Å². The maximum absolute atomic E-state index is 13.1. The zero-order valence-corrected chi connectivity index (χ0v) is 18.0. The highest BCUT2D eigenvalue weighted by Crippen LogP contribution is 2.40. The average molecular weight is 417 g/mol. The number of hydrogen-bond donors (Lipinski definition) is 1. The topological polar surface area (TPSA) is 55.4 Å². The fraction of sp³-hybridized carbons (Fsp3) is 0.417. The van der Waals surface area contributed by atoms with E-state index in [4.69, 9.17) is 4.74 Å². The highest BCUT2D eigenvalue weighted by molar-refractivity contribution is 5.94. The van der Waals surface area contributed by atoms with Crippen molar-refractivity contribution < 1.29 is 23.1 Å². The van der Waals surface area contributed by atoms with Gasteiger partial charge in [-0.05, 0) is 67.3 Å². The zero-order valence-electron chi connectivity index (χ0n) is 18.0. The van der Waals surface area contributed by atoms with E-state index in [9.17, 15) is 18.4 Å². The molecule has 4 nitrogen and oxygen atoms in total. The first-order chi connectivity index (χ1) is 14.1. The van der Waals surface area contributed by atoms with Crippen LogP contribution in [-0.2, 0) is 4.74 Å². The van der Waals surface area contributed by atoms with Crippen LogP contribution in [0.2, 0.25) is 0 Å². The number of nitrogens with one attached hydrogen (secondary N) is 1. The molecule has 0 spiro atoms. The number of carbonyl (C=O) groups is 2. The fourth-order valence-electron chi connectivity index (χ4n) is 4.02. The molecule has 6 heteroatoms. The van der Waals surface area contributed by atoms with Gasteiger partial charge < -0.3 is 10.1 Å². The first kappa shape index (κ1) is 23.5. The van der Waals surface area contributed by atoms with Crippen LogP contribution in [-0.4, -0.2) is 24.5 Å². The van der Waals surface area contributed by atoms with Crippen molar-refractivity contribution in [3.63, 3.8) is 0 Å². The monoisotopic (exact) mass is 417 g/mol. The number of ether oxygens (including phenoxy) is 1. The third-order valence-electron chi connectivity index (χ3n) is 5.93. The van der Waals surface area contributed by atoms with Gasteiger partial charge in [-0.1, -0.05) is 27.7 Å².